The summed E-state index contributed by atoms with van der Waals surface area (Å²) in [5.74, 6) is 0.788. The van der Waals surface area contributed by atoms with Crippen molar-refractivity contribution in [3.05, 3.63) is 18.2 Å². The zero-order chi connectivity index (χ0) is 22.7. The Morgan fingerprint density at radius 1 is 1.06 bits per heavy atom. The Kier molecular flexibility index (Phi) is 7.24. The molecule has 0 radical (unpaired) electrons. The van der Waals surface area contributed by atoms with Crippen molar-refractivity contribution in [2.45, 2.75) is 42.7 Å². The molecule has 2 atom stereocenters. The first-order valence-corrected chi connectivity index (χ1v) is 12.7. The molecular formula is C22H33N3O6S. The van der Waals surface area contributed by atoms with E-state index in [1.54, 1.807) is 17.0 Å². The van der Waals surface area contributed by atoms with E-state index in [-0.39, 0.29) is 35.7 Å². The number of fused-ring (bicyclic) bond motifs is 1. The van der Waals surface area contributed by atoms with Crippen molar-refractivity contribution in [3.63, 3.8) is 0 Å². The van der Waals surface area contributed by atoms with Crippen molar-refractivity contribution >= 4 is 15.9 Å². The third kappa shape index (κ3) is 4.73. The van der Waals surface area contributed by atoms with Gasteiger partial charge in [0.15, 0.2) is 0 Å². The zero-order valence-electron chi connectivity index (χ0n) is 18.9. The van der Waals surface area contributed by atoms with Gasteiger partial charge in [0.1, 0.15) is 16.4 Å². The van der Waals surface area contributed by atoms with Crippen molar-refractivity contribution in [2.24, 2.45) is 0 Å². The van der Waals surface area contributed by atoms with E-state index in [2.05, 4.69) is 4.90 Å². The van der Waals surface area contributed by atoms with Crippen molar-refractivity contribution in [2.75, 3.05) is 60.1 Å². The van der Waals surface area contributed by atoms with Gasteiger partial charge in [-0.2, -0.15) is 4.31 Å². The maximum Gasteiger partial charge on any atom is 0.247 e. The second-order valence-corrected chi connectivity index (χ2v) is 10.4. The molecular weight excluding hydrogens is 434 g/mol. The van der Waals surface area contributed by atoms with Gasteiger partial charge in [0.2, 0.25) is 15.9 Å². The van der Waals surface area contributed by atoms with E-state index >= 15 is 0 Å². The summed E-state index contributed by atoms with van der Waals surface area (Å²) in [7, 11) is -0.829. The first-order chi connectivity index (χ1) is 15.4. The molecule has 0 spiro atoms. The first-order valence-electron chi connectivity index (χ1n) is 11.3. The van der Waals surface area contributed by atoms with Crippen LogP contribution < -0.4 is 9.47 Å². The summed E-state index contributed by atoms with van der Waals surface area (Å²) in [6.45, 7) is 3.08. The molecule has 0 aromatic heterocycles. The van der Waals surface area contributed by atoms with Gasteiger partial charge in [0.05, 0.1) is 33.5 Å². The Morgan fingerprint density at radius 2 is 1.81 bits per heavy atom. The van der Waals surface area contributed by atoms with Gasteiger partial charge in [0.25, 0.3) is 0 Å². The van der Waals surface area contributed by atoms with Gasteiger partial charge in [-0.3, -0.25) is 9.69 Å². The number of sulfonamides is 1. The van der Waals surface area contributed by atoms with E-state index in [9.17, 15) is 13.2 Å². The average molecular weight is 468 g/mol. The highest BCUT2D eigenvalue weighted by molar-refractivity contribution is 7.89. The summed E-state index contributed by atoms with van der Waals surface area (Å²) in [5.41, 5.74) is 0. The van der Waals surface area contributed by atoms with E-state index in [1.807, 2.05) is 0 Å². The summed E-state index contributed by atoms with van der Waals surface area (Å²) in [6, 6.07) is 5.05. The van der Waals surface area contributed by atoms with Crippen LogP contribution in [0.4, 0.5) is 0 Å². The highest BCUT2D eigenvalue weighted by Gasteiger charge is 2.37. The Morgan fingerprint density at radius 3 is 2.53 bits per heavy atom. The van der Waals surface area contributed by atoms with Crippen LogP contribution in [0.1, 0.15) is 25.7 Å². The van der Waals surface area contributed by atoms with Gasteiger partial charge in [0, 0.05) is 44.8 Å². The van der Waals surface area contributed by atoms with Gasteiger partial charge in [-0.05, 0) is 25.0 Å². The predicted octanol–water partition coefficient (Wildman–Crippen LogP) is 1.18. The van der Waals surface area contributed by atoms with E-state index in [4.69, 9.17) is 14.2 Å². The number of hydrogen-bond acceptors (Lipinski definition) is 7. The number of piperazine rings is 1. The standard InChI is InChI=1S/C22H33N3O6S/c1-29-17-7-8-20(30-2)21(15-17)32(27,28)25-11-9-23(10-12-25)22(26)16-24-13-14-31-19-6-4-3-5-18(19)24/h7-8,15,18-19H,3-6,9-14,16H2,1-2H3. The lowest BCUT2D eigenvalue weighted by atomic mass is 9.90. The average Bonchev–Trinajstić information content (AvgIpc) is 2.84. The van der Waals surface area contributed by atoms with Crippen LogP contribution in [0.3, 0.4) is 0 Å². The number of amides is 1. The maximum absolute atomic E-state index is 13.3. The molecule has 1 aliphatic carbocycles. The topological polar surface area (TPSA) is 88.6 Å². The van der Waals surface area contributed by atoms with Crippen molar-refractivity contribution in [1.29, 1.82) is 0 Å². The van der Waals surface area contributed by atoms with Gasteiger partial charge in [-0.15, -0.1) is 0 Å². The van der Waals surface area contributed by atoms with E-state index in [0.29, 0.717) is 38.0 Å². The number of nitrogens with zero attached hydrogens (tertiary/aromatic N) is 3. The molecule has 2 saturated heterocycles. The summed E-state index contributed by atoms with van der Waals surface area (Å²) in [6.07, 6.45) is 4.76. The fraction of sp³-hybridized carbons (Fsp3) is 0.682. The van der Waals surface area contributed by atoms with Crippen molar-refractivity contribution in [1.82, 2.24) is 14.1 Å². The lowest BCUT2D eigenvalue weighted by molar-refractivity contribution is -0.140. The molecule has 3 aliphatic rings. The minimum atomic E-state index is -3.77. The highest BCUT2D eigenvalue weighted by Crippen LogP contribution is 2.31. The smallest absolute Gasteiger partial charge is 0.247 e. The molecule has 1 aromatic carbocycles. The van der Waals surface area contributed by atoms with Gasteiger partial charge < -0.3 is 19.1 Å². The van der Waals surface area contributed by atoms with E-state index in [0.717, 1.165) is 19.4 Å². The van der Waals surface area contributed by atoms with Gasteiger partial charge in [-0.25, -0.2) is 8.42 Å². The second kappa shape index (κ2) is 9.94. The zero-order valence-corrected chi connectivity index (χ0v) is 19.7. The SMILES string of the molecule is COc1ccc(OC)c(S(=O)(=O)N2CCN(C(=O)CN3CCOC4CCCCC43)CC2)c1. The third-order valence-corrected chi connectivity index (χ3v) is 8.69. The third-order valence-electron chi connectivity index (χ3n) is 6.77. The molecule has 1 aromatic rings. The summed E-state index contributed by atoms with van der Waals surface area (Å²) in [5, 5.41) is 0. The summed E-state index contributed by atoms with van der Waals surface area (Å²) in [4.78, 5) is 17.1. The predicted molar refractivity (Wildman–Crippen MR) is 118 cm³/mol. The Labute approximate surface area is 190 Å². The number of carbonyl (C=O) groups is 1. The summed E-state index contributed by atoms with van der Waals surface area (Å²) < 4.78 is 44.3. The van der Waals surface area contributed by atoms with Crippen LogP contribution in [0.15, 0.2) is 23.1 Å². The Bertz CT molecular complexity index is 914. The molecule has 9 nitrogen and oxygen atoms in total. The van der Waals surface area contributed by atoms with E-state index in [1.165, 1.54) is 37.4 Å². The first kappa shape index (κ1) is 23.3. The number of hydrogen-bond donors (Lipinski definition) is 0. The molecule has 4 rings (SSSR count). The van der Waals surface area contributed by atoms with E-state index < -0.39 is 10.0 Å². The van der Waals surface area contributed by atoms with Crippen LogP contribution in [0, 0.1) is 0 Å². The second-order valence-electron chi connectivity index (χ2n) is 8.53. The van der Waals surface area contributed by atoms with Crippen LogP contribution in [-0.2, 0) is 19.6 Å². The van der Waals surface area contributed by atoms with Crippen molar-refractivity contribution in [3.8, 4) is 11.5 Å². The van der Waals surface area contributed by atoms with Crippen LogP contribution in [0.5, 0.6) is 11.5 Å². The number of carbonyl (C=O) groups excluding carboxylic acids is 1. The molecule has 0 N–H and O–H groups in total. The fourth-order valence-corrected chi connectivity index (χ4v) is 6.54. The van der Waals surface area contributed by atoms with Gasteiger partial charge >= 0.3 is 0 Å². The normalized spacial score (nSPS) is 25.2. The molecule has 3 fully saturated rings. The number of morpholine rings is 1. The van der Waals surface area contributed by atoms with Crippen molar-refractivity contribution < 1.29 is 27.4 Å². The number of rotatable bonds is 6. The molecule has 2 aliphatic heterocycles. The lowest BCUT2D eigenvalue weighted by Crippen LogP contribution is -2.57. The minimum Gasteiger partial charge on any atom is -0.497 e. The highest BCUT2D eigenvalue weighted by atomic mass is 32.2. The van der Waals surface area contributed by atoms with Gasteiger partial charge in [-0.1, -0.05) is 12.8 Å². The monoisotopic (exact) mass is 467 g/mol. The molecule has 2 heterocycles. The molecule has 1 amide bonds. The molecule has 10 heteroatoms. The van der Waals surface area contributed by atoms with Crippen LogP contribution in [0.25, 0.3) is 0 Å². The quantitative estimate of drug-likeness (QED) is 0.621. The van der Waals surface area contributed by atoms with Crippen LogP contribution in [0.2, 0.25) is 0 Å². The Balaban J connectivity index is 1.38. The van der Waals surface area contributed by atoms with Crippen LogP contribution in [-0.4, -0.2) is 101 Å². The lowest BCUT2D eigenvalue weighted by Gasteiger charge is -2.44. The maximum atomic E-state index is 13.3. The Hall–Kier alpha value is -1.88. The number of benzene rings is 1. The molecule has 32 heavy (non-hydrogen) atoms. The summed E-state index contributed by atoms with van der Waals surface area (Å²) >= 11 is 0. The molecule has 1 saturated carbocycles. The molecule has 0 bridgehead atoms. The number of methoxy groups -OCH3 is 2. The van der Waals surface area contributed by atoms with Crippen LogP contribution >= 0.6 is 0 Å². The fourth-order valence-electron chi connectivity index (χ4n) is 4.95. The molecule has 2 unspecified atom stereocenters. The number of ether oxygens (including phenoxy) is 3. The largest absolute Gasteiger partial charge is 0.497 e. The minimum absolute atomic E-state index is 0.0623. The molecule has 178 valence electrons.